The van der Waals surface area contributed by atoms with Gasteiger partial charge in [-0.3, -0.25) is 0 Å². The molecule has 2 amide bonds. The maximum absolute atomic E-state index is 13.6. The van der Waals surface area contributed by atoms with Gasteiger partial charge in [0.25, 0.3) is 0 Å². The van der Waals surface area contributed by atoms with Gasteiger partial charge in [0.15, 0.2) is 0 Å². The van der Waals surface area contributed by atoms with Crippen molar-refractivity contribution in [3.63, 3.8) is 0 Å². The second-order valence-electron chi connectivity index (χ2n) is 7.89. The van der Waals surface area contributed by atoms with E-state index in [1.807, 2.05) is 16.2 Å². The molecule has 30 heavy (non-hydrogen) atoms. The third kappa shape index (κ3) is 3.49. The van der Waals surface area contributed by atoms with Crippen molar-refractivity contribution in [2.45, 2.75) is 38.1 Å². The van der Waals surface area contributed by atoms with Crippen LogP contribution in [0.5, 0.6) is 0 Å². The lowest BCUT2D eigenvalue weighted by Gasteiger charge is -2.36. The smallest absolute Gasteiger partial charge is 0.312 e. The van der Waals surface area contributed by atoms with Crippen molar-refractivity contribution in [1.82, 2.24) is 4.90 Å². The summed E-state index contributed by atoms with van der Waals surface area (Å²) in [5.74, 6) is -0.633. The van der Waals surface area contributed by atoms with Crippen LogP contribution in [0.2, 0.25) is 0 Å². The number of halogens is 2. The normalized spacial score (nSPS) is 17.9. The van der Waals surface area contributed by atoms with Crippen LogP contribution in [0.4, 0.5) is 19.3 Å². The van der Waals surface area contributed by atoms with Gasteiger partial charge in [-0.25, -0.2) is 13.6 Å². The van der Waals surface area contributed by atoms with Crippen LogP contribution in [0.25, 0.3) is 0 Å². The Morgan fingerprint density at radius 1 is 0.900 bits per heavy atom. The van der Waals surface area contributed by atoms with E-state index in [0.717, 1.165) is 24.8 Å². The third-order valence-electron chi connectivity index (χ3n) is 6.02. The number of aryl methyl sites for hydroxylation is 1. The molecule has 3 nitrogen and oxygen atoms in total. The van der Waals surface area contributed by atoms with Gasteiger partial charge < -0.3 is 10.2 Å². The minimum absolute atomic E-state index is 0.229. The number of carbonyl (C=O) groups excluding carboxylic acids is 1. The van der Waals surface area contributed by atoms with Gasteiger partial charge in [-0.15, -0.1) is 11.3 Å². The van der Waals surface area contributed by atoms with E-state index in [2.05, 4.69) is 5.32 Å². The fourth-order valence-corrected chi connectivity index (χ4v) is 6.16. The average Bonchev–Trinajstić information content (AvgIpc) is 3.14. The fourth-order valence-electron chi connectivity index (χ4n) is 4.57. The number of hydrogen-bond donors (Lipinski definition) is 1. The van der Waals surface area contributed by atoms with E-state index in [1.165, 1.54) is 58.0 Å². The van der Waals surface area contributed by atoms with Gasteiger partial charge in [-0.1, -0.05) is 12.1 Å². The topological polar surface area (TPSA) is 32.3 Å². The highest BCUT2D eigenvalue weighted by molar-refractivity contribution is 7.12. The zero-order valence-electron chi connectivity index (χ0n) is 16.5. The summed E-state index contributed by atoms with van der Waals surface area (Å²) in [6.45, 7) is 0.589. The first-order valence-corrected chi connectivity index (χ1v) is 11.1. The highest BCUT2D eigenvalue weighted by atomic mass is 32.1. The first-order chi connectivity index (χ1) is 14.6. The van der Waals surface area contributed by atoms with Crippen LogP contribution in [0.3, 0.4) is 0 Å². The number of amides is 2. The molecular formula is C24H22F2N2OS. The number of thiophene rings is 1. The minimum atomic E-state index is -0.344. The van der Waals surface area contributed by atoms with E-state index in [-0.39, 0.29) is 23.7 Å². The van der Waals surface area contributed by atoms with Gasteiger partial charge in [-0.2, -0.15) is 0 Å². The van der Waals surface area contributed by atoms with E-state index in [1.54, 1.807) is 24.3 Å². The summed E-state index contributed by atoms with van der Waals surface area (Å²) < 4.78 is 26.8. The number of anilines is 1. The zero-order chi connectivity index (χ0) is 20.7. The standard InChI is InChI=1S/C24H22F2N2OS/c25-16-7-5-15(6-8-16)22-23-20(19-3-1-2-4-21(19)30-23)13-14-28(22)24(29)27-18-11-9-17(26)10-12-18/h5-12,22H,1-4,13-14H2,(H,27,29)/t22-/m1/s1. The van der Waals surface area contributed by atoms with E-state index in [0.29, 0.717) is 12.2 Å². The molecule has 5 rings (SSSR count). The summed E-state index contributed by atoms with van der Waals surface area (Å²) in [7, 11) is 0. The molecule has 1 aliphatic heterocycles. The van der Waals surface area contributed by atoms with Gasteiger partial charge in [0.05, 0.1) is 6.04 Å². The van der Waals surface area contributed by atoms with Crippen molar-refractivity contribution in [3.8, 4) is 0 Å². The predicted molar refractivity (Wildman–Crippen MR) is 115 cm³/mol. The van der Waals surface area contributed by atoms with Crippen molar-refractivity contribution in [2.24, 2.45) is 0 Å². The SMILES string of the molecule is O=C(Nc1ccc(F)cc1)N1CCc2c(sc3c2CCCC3)[C@H]1c1ccc(F)cc1. The Morgan fingerprint density at radius 2 is 1.57 bits per heavy atom. The number of hydrogen-bond acceptors (Lipinski definition) is 2. The number of fused-ring (bicyclic) bond motifs is 3. The maximum atomic E-state index is 13.6. The van der Waals surface area contributed by atoms with Crippen molar-refractivity contribution in [1.29, 1.82) is 0 Å². The zero-order valence-corrected chi connectivity index (χ0v) is 17.3. The Hall–Kier alpha value is -2.73. The van der Waals surface area contributed by atoms with Crippen molar-refractivity contribution >= 4 is 23.1 Å². The molecule has 0 unspecified atom stereocenters. The van der Waals surface area contributed by atoms with Gasteiger partial charge in [0.2, 0.25) is 0 Å². The van der Waals surface area contributed by atoms with E-state index >= 15 is 0 Å². The van der Waals surface area contributed by atoms with E-state index in [9.17, 15) is 13.6 Å². The van der Waals surface area contributed by atoms with Crippen LogP contribution in [0.1, 0.15) is 45.3 Å². The Bertz CT molecular complexity index is 1080. The largest absolute Gasteiger partial charge is 0.322 e. The number of nitrogens with zero attached hydrogens (tertiary/aromatic N) is 1. The monoisotopic (exact) mass is 424 g/mol. The Balaban J connectivity index is 1.53. The number of benzene rings is 2. The van der Waals surface area contributed by atoms with E-state index in [4.69, 9.17) is 0 Å². The lowest BCUT2D eigenvalue weighted by Crippen LogP contribution is -2.42. The minimum Gasteiger partial charge on any atom is -0.312 e. The average molecular weight is 425 g/mol. The molecule has 0 saturated carbocycles. The van der Waals surface area contributed by atoms with Crippen LogP contribution in [-0.4, -0.2) is 17.5 Å². The van der Waals surface area contributed by atoms with Gasteiger partial charge in [-0.05, 0) is 85.2 Å². The molecule has 2 heterocycles. The molecule has 0 spiro atoms. The summed E-state index contributed by atoms with van der Waals surface area (Å²) in [6, 6.07) is 11.7. The van der Waals surface area contributed by atoms with Crippen LogP contribution in [-0.2, 0) is 19.3 Å². The second kappa shape index (κ2) is 7.84. The molecule has 1 aliphatic carbocycles. The third-order valence-corrected chi connectivity index (χ3v) is 7.40. The molecule has 2 aromatic carbocycles. The molecule has 154 valence electrons. The lowest BCUT2D eigenvalue weighted by atomic mass is 9.88. The molecule has 2 aliphatic rings. The highest BCUT2D eigenvalue weighted by Crippen LogP contribution is 2.45. The number of carbonyl (C=O) groups is 1. The Labute approximate surface area is 178 Å². The molecule has 0 saturated heterocycles. The lowest BCUT2D eigenvalue weighted by molar-refractivity contribution is 0.195. The molecule has 1 aromatic heterocycles. The quantitative estimate of drug-likeness (QED) is 0.531. The summed E-state index contributed by atoms with van der Waals surface area (Å²) in [5, 5.41) is 2.89. The number of rotatable bonds is 2. The molecule has 3 aromatic rings. The molecular weight excluding hydrogens is 402 g/mol. The van der Waals surface area contributed by atoms with Crippen LogP contribution >= 0.6 is 11.3 Å². The Kier molecular flexibility index (Phi) is 5.03. The first-order valence-electron chi connectivity index (χ1n) is 10.3. The highest BCUT2D eigenvalue weighted by Gasteiger charge is 2.36. The van der Waals surface area contributed by atoms with Crippen molar-refractivity contribution in [2.75, 3.05) is 11.9 Å². The number of nitrogens with one attached hydrogen (secondary N) is 1. The van der Waals surface area contributed by atoms with Crippen molar-refractivity contribution in [3.05, 3.63) is 86.6 Å². The second-order valence-corrected chi connectivity index (χ2v) is 9.02. The molecule has 1 atom stereocenters. The molecule has 0 fully saturated rings. The molecule has 6 heteroatoms. The summed E-state index contributed by atoms with van der Waals surface area (Å²) >= 11 is 1.81. The van der Waals surface area contributed by atoms with Gasteiger partial charge >= 0.3 is 6.03 Å². The van der Waals surface area contributed by atoms with Gasteiger partial charge in [0, 0.05) is 22.0 Å². The maximum Gasteiger partial charge on any atom is 0.322 e. The van der Waals surface area contributed by atoms with Crippen LogP contribution < -0.4 is 5.32 Å². The first kappa shape index (κ1) is 19.2. The summed E-state index contributed by atoms with van der Waals surface area (Å²) in [6.07, 6.45) is 5.47. The molecule has 0 radical (unpaired) electrons. The summed E-state index contributed by atoms with van der Waals surface area (Å²) in [4.78, 5) is 17.7. The molecule has 0 bridgehead atoms. The predicted octanol–water partition coefficient (Wildman–Crippen LogP) is 6.08. The van der Waals surface area contributed by atoms with Crippen molar-refractivity contribution < 1.29 is 13.6 Å². The van der Waals surface area contributed by atoms with E-state index < -0.39 is 0 Å². The Morgan fingerprint density at radius 3 is 2.30 bits per heavy atom. The number of urea groups is 1. The van der Waals surface area contributed by atoms with Crippen LogP contribution in [0.15, 0.2) is 48.5 Å². The molecule has 1 N–H and O–H groups in total. The van der Waals surface area contributed by atoms with Crippen LogP contribution in [0, 0.1) is 11.6 Å². The summed E-state index contributed by atoms with van der Waals surface area (Å²) in [5.41, 5.74) is 4.32. The fraction of sp³-hybridized carbons (Fsp3) is 0.292. The van der Waals surface area contributed by atoms with Gasteiger partial charge in [0.1, 0.15) is 11.6 Å².